The third-order valence-corrected chi connectivity index (χ3v) is 5.64. The first kappa shape index (κ1) is 24.0. The van der Waals surface area contributed by atoms with Crippen LogP contribution in [0.15, 0.2) is 41.8 Å². The highest BCUT2D eigenvalue weighted by molar-refractivity contribution is 7.10. The second-order valence-corrected chi connectivity index (χ2v) is 7.69. The van der Waals surface area contributed by atoms with Crippen LogP contribution in [0.2, 0.25) is 0 Å². The number of nitrogens with one attached hydrogen (secondary N) is 1. The number of alkyl halides is 4. The molecule has 1 amide bonds. The van der Waals surface area contributed by atoms with E-state index in [1.807, 2.05) is 17.5 Å². The number of nitrogens with zero attached hydrogens (tertiary/aromatic N) is 1. The summed E-state index contributed by atoms with van der Waals surface area (Å²) in [6.45, 7) is -3.19. The van der Waals surface area contributed by atoms with Crippen molar-refractivity contribution in [1.29, 1.82) is 0 Å². The molecular weight excluding hydrogens is 452 g/mol. The Balaban J connectivity index is 1.65. The molecule has 0 bridgehead atoms. The van der Waals surface area contributed by atoms with Crippen LogP contribution in [0, 0.1) is 0 Å². The lowest BCUT2D eigenvalue weighted by atomic mass is 10.1. The monoisotopic (exact) mass is 474 g/mol. The Morgan fingerprint density at radius 2 is 1.91 bits per heavy atom. The van der Waals surface area contributed by atoms with Gasteiger partial charge >= 0.3 is 13.2 Å². The summed E-state index contributed by atoms with van der Waals surface area (Å²) in [5, 5.41) is 4.79. The van der Waals surface area contributed by atoms with Crippen molar-refractivity contribution in [2.24, 2.45) is 0 Å². The van der Waals surface area contributed by atoms with Crippen molar-refractivity contribution in [2.75, 3.05) is 32.8 Å². The molecule has 3 rings (SSSR count). The summed E-state index contributed by atoms with van der Waals surface area (Å²) in [7, 11) is 0. The molecule has 0 spiro atoms. The van der Waals surface area contributed by atoms with Gasteiger partial charge in [0.2, 0.25) is 5.91 Å². The molecule has 2 aromatic rings. The van der Waals surface area contributed by atoms with E-state index in [1.54, 1.807) is 11.3 Å². The van der Waals surface area contributed by atoms with Gasteiger partial charge in [0.15, 0.2) is 0 Å². The van der Waals surface area contributed by atoms with Crippen molar-refractivity contribution in [3.05, 3.63) is 52.2 Å². The number of morpholine rings is 1. The number of hydrogen-bond acceptors (Lipinski definition) is 6. The van der Waals surface area contributed by atoms with E-state index in [0.717, 1.165) is 24.0 Å². The molecule has 1 fully saturated rings. The van der Waals surface area contributed by atoms with E-state index in [9.17, 15) is 22.4 Å². The molecule has 11 heteroatoms. The third kappa shape index (κ3) is 7.21. The smallest absolute Gasteiger partial charge is 0.387 e. The largest absolute Gasteiger partial charge is 0.435 e. The number of benzene rings is 1. The number of ether oxygens (including phenoxy) is 3. The number of thiophene rings is 1. The molecule has 32 heavy (non-hydrogen) atoms. The summed E-state index contributed by atoms with van der Waals surface area (Å²) >= 11 is 1.60. The van der Waals surface area contributed by atoms with Crippen LogP contribution >= 0.6 is 11.3 Å². The standard InChI is InChI=1S/C21H22F4N2O4S/c22-20(23)30-15-5-3-14(17(12-15)31-21(24)25)4-6-19(28)26-13-16(18-2-1-11-32-18)27-7-9-29-10-8-27/h1-6,11-12,16,20-21H,7-10,13H2,(H,26,28)/b6-4+. The molecule has 1 aromatic heterocycles. The van der Waals surface area contributed by atoms with Crippen LogP contribution < -0.4 is 14.8 Å². The maximum atomic E-state index is 12.7. The highest BCUT2D eigenvalue weighted by Crippen LogP contribution is 2.29. The van der Waals surface area contributed by atoms with Gasteiger partial charge < -0.3 is 19.5 Å². The van der Waals surface area contributed by atoms with E-state index in [1.165, 1.54) is 24.3 Å². The SMILES string of the molecule is O=C(/C=C/c1ccc(OC(F)F)cc1OC(F)F)NCC(c1cccs1)N1CCOCC1. The van der Waals surface area contributed by atoms with Gasteiger partial charge in [-0.1, -0.05) is 6.07 Å². The van der Waals surface area contributed by atoms with Crippen LogP contribution in [0.5, 0.6) is 11.5 Å². The topological polar surface area (TPSA) is 60.0 Å². The van der Waals surface area contributed by atoms with E-state index in [-0.39, 0.29) is 23.1 Å². The average molecular weight is 474 g/mol. The molecule has 174 valence electrons. The lowest BCUT2D eigenvalue weighted by Gasteiger charge is -2.34. The van der Waals surface area contributed by atoms with Crippen molar-refractivity contribution < 1.29 is 36.6 Å². The van der Waals surface area contributed by atoms with Gasteiger partial charge in [-0.05, 0) is 29.7 Å². The zero-order chi connectivity index (χ0) is 22.9. The predicted molar refractivity (Wildman–Crippen MR) is 111 cm³/mol. The summed E-state index contributed by atoms with van der Waals surface area (Å²) in [4.78, 5) is 15.7. The minimum atomic E-state index is -3.17. The molecule has 0 saturated carbocycles. The van der Waals surface area contributed by atoms with Crippen LogP contribution in [-0.2, 0) is 9.53 Å². The molecule has 1 aromatic carbocycles. The Hall–Kier alpha value is -2.63. The van der Waals surface area contributed by atoms with Crippen LogP contribution in [0.3, 0.4) is 0 Å². The summed E-state index contributed by atoms with van der Waals surface area (Å²) < 4.78 is 64.1. The molecule has 6 nitrogen and oxygen atoms in total. The van der Waals surface area contributed by atoms with Crippen LogP contribution in [-0.4, -0.2) is 56.9 Å². The molecule has 1 unspecified atom stereocenters. The fourth-order valence-corrected chi connectivity index (χ4v) is 4.09. The van der Waals surface area contributed by atoms with Gasteiger partial charge in [0, 0.05) is 42.2 Å². The summed E-state index contributed by atoms with van der Waals surface area (Å²) in [5.41, 5.74) is 0.116. The van der Waals surface area contributed by atoms with Gasteiger partial charge in [-0.2, -0.15) is 17.6 Å². The van der Waals surface area contributed by atoms with Crippen LogP contribution in [0.25, 0.3) is 6.08 Å². The fourth-order valence-electron chi connectivity index (χ4n) is 3.23. The Labute approximate surface area is 186 Å². The van der Waals surface area contributed by atoms with Crippen LogP contribution in [0.1, 0.15) is 16.5 Å². The Morgan fingerprint density at radius 3 is 2.56 bits per heavy atom. The maximum absolute atomic E-state index is 12.7. The zero-order valence-electron chi connectivity index (χ0n) is 16.9. The second kappa shape index (κ2) is 11.8. The van der Waals surface area contributed by atoms with Crippen molar-refractivity contribution >= 4 is 23.3 Å². The summed E-state index contributed by atoms with van der Waals surface area (Å²) in [6.07, 6.45) is 2.44. The van der Waals surface area contributed by atoms with Crippen molar-refractivity contribution in [3.63, 3.8) is 0 Å². The van der Waals surface area contributed by atoms with Gasteiger partial charge in [-0.3, -0.25) is 9.69 Å². The van der Waals surface area contributed by atoms with E-state index in [0.29, 0.717) is 19.8 Å². The molecule has 1 aliphatic heterocycles. The average Bonchev–Trinajstić information content (AvgIpc) is 3.28. The first-order chi connectivity index (χ1) is 15.4. The van der Waals surface area contributed by atoms with Crippen molar-refractivity contribution in [2.45, 2.75) is 19.3 Å². The minimum absolute atomic E-state index is 0.0141. The number of rotatable bonds is 10. The van der Waals surface area contributed by atoms with Crippen molar-refractivity contribution in [1.82, 2.24) is 10.2 Å². The highest BCUT2D eigenvalue weighted by Gasteiger charge is 2.23. The molecule has 0 radical (unpaired) electrons. The van der Waals surface area contributed by atoms with E-state index >= 15 is 0 Å². The highest BCUT2D eigenvalue weighted by atomic mass is 32.1. The molecular formula is C21H22F4N2O4S. The van der Waals surface area contributed by atoms with Gasteiger partial charge in [-0.25, -0.2) is 0 Å². The molecule has 0 aliphatic carbocycles. The number of halogens is 4. The second-order valence-electron chi connectivity index (χ2n) is 6.71. The Morgan fingerprint density at radius 1 is 1.16 bits per heavy atom. The summed E-state index contributed by atoms with van der Waals surface area (Å²) in [6, 6.07) is 7.28. The van der Waals surface area contributed by atoms with Gasteiger partial charge in [0.05, 0.1) is 19.3 Å². The van der Waals surface area contributed by atoms with Gasteiger partial charge in [-0.15, -0.1) is 11.3 Å². The normalized spacial score (nSPS) is 15.9. The number of amides is 1. The molecule has 1 aliphatic rings. The van der Waals surface area contributed by atoms with E-state index in [4.69, 9.17) is 4.74 Å². The van der Waals surface area contributed by atoms with Crippen LogP contribution in [0.4, 0.5) is 17.6 Å². The minimum Gasteiger partial charge on any atom is -0.435 e. The Kier molecular flexibility index (Phi) is 8.89. The summed E-state index contributed by atoms with van der Waals surface area (Å²) in [5.74, 6) is -1.15. The third-order valence-electron chi connectivity index (χ3n) is 4.67. The first-order valence-electron chi connectivity index (χ1n) is 9.77. The molecule has 2 heterocycles. The van der Waals surface area contributed by atoms with Gasteiger partial charge in [0.1, 0.15) is 11.5 Å². The lowest BCUT2D eigenvalue weighted by molar-refractivity contribution is -0.116. The van der Waals surface area contributed by atoms with Crippen molar-refractivity contribution in [3.8, 4) is 11.5 Å². The quantitative estimate of drug-likeness (QED) is 0.414. The number of carbonyl (C=O) groups excluding carboxylic acids is 1. The van der Waals surface area contributed by atoms with E-state index < -0.39 is 19.1 Å². The molecule has 1 atom stereocenters. The Bertz CT molecular complexity index is 890. The first-order valence-corrected chi connectivity index (χ1v) is 10.6. The number of hydrogen-bond donors (Lipinski definition) is 1. The maximum Gasteiger partial charge on any atom is 0.387 e. The molecule has 1 saturated heterocycles. The van der Waals surface area contributed by atoms with E-state index in [2.05, 4.69) is 19.7 Å². The van der Waals surface area contributed by atoms with Gasteiger partial charge in [0.25, 0.3) is 0 Å². The molecule has 1 N–H and O–H groups in total. The predicted octanol–water partition coefficient (Wildman–Crippen LogP) is 4.15. The number of carbonyl (C=O) groups is 1. The fraction of sp³-hybridized carbons (Fsp3) is 0.381. The lowest BCUT2D eigenvalue weighted by Crippen LogP contribution is -2.43. The zero-order valence-corrected chi connectivity index (χ0v) is 17.7.